The molecule has 7 aromatic carbocycles. The fourth-order valence-electron chi connectivity index (χ4n) is 15.1. The van der Waals surface area contributed by atoms with Crippen molar-refractivity contribution in [2.45, 2.75) is 129 Å². The number of morpholine rings is 3. The minimum absolute atomic E-state index is 0. The minimum Gasteiger partial charge on any atom is -0.571 e. The number of nitrogen functional groups attached to an aromatic ring is 2. The maximum absolute atomic E-state index is 13.5. The number of ketones is 2. The van der Waals surface area contributed by atoms with Crippen molar-refractivity contribution in [3.05, 3.63) is 268 Å². The Morgan fingerprint density at radius 2 is 0.752 bits per heavy atom. The third kappa shape index (κ3) is 29.4. The summed E-state index contributed by atoms with van der Waals surface area (Å²) in [4.78, 5) is 57.2. The van der Waals surface area contributed by atoms with Crippen LogP contribution in [0.2, 0.25) is 0 Å². The number of nitrogens with two attached hydrogens (primary N) is 2. The summed E-state index contributed by atoms with van der Waals surface area (Å²) >= 11 is 4.72. The number of carbonyl (C=O) groups excluding carboxylic acids is 4. The molecule has 0 amide bonds. The van der Waals surface area contributed by atoms with Crippen LogP contribution in [0.25, 0.3) is 4.72 Å². The fourth-order valence-corrected chi connectivity index (χ4v) is 23.3. The van der Waals surface area contributed by atoms with E-state index in [-0.39, 0.29) is 113 Å². The van der Waals surface area contributed by atoms with E-state index >= 15 is 0 Å². The number of nitriles is 1. The molecule has 133 heavy (non-hydrogen) atoms. The standard InChI is InChI=1S/2C26H29FN2O4S2.C13H12FNO4S2.C13H20N2O.C7H6ClFO2S.C6H7NO2S.C2H3N.Na/c2*1-16-13-18(3)25(29-8-10-33-11-9-29)19(4)21(16)15-23(30)26-22(7-12-34-26)28-35(31,32)24-6-5-20(27)14-17(24)2;1-8-7-9(14)3-4-11(8)21(17,18)15-10-5-6-20-12(10)13(16)19-2;1-9-8-10(2)13(11(3)12(9)14)15-4-6-16-7-5-15;1-5-4-6(9)2-3-7(5)12(8,10)11;1-9-6(8)5-4(7)2-3-10-5;1-2-3;/h5-7,12-14H,8-11,15H2,1-4H3,(H,28,30);5-7,12-14,28H,8-11,15H2,1-4H3;3-7,15H,1-2H3;8H,4-7,14H2,1-3H3;2-4H,1H3;2-3H,7H2,1H3;1H3;/q;;;;;;;+1/p-1. The zero-order valence-electron chi connectivity index (χ0n) is 76.7. The summed E-state index contributed by atoms with van der Waals surface area (Å²) < 4.78 is 185. The van der Waals surface area contributed by atoms with Crippen LogP contribution in [0.5, 0.6) is 0 Å². The topological polar surface area (TPSA) is 375 Å². The summed E-state index contributed by atoms with van der Waals surface area (Å²) in [5.41, 5.74) is 30.2. The van der Waals surface area contributed by atoms with E-state index in [1.54, 1.807) is 39.7 Å². The first-order valence-corrected chi connectivity index (χ1v) is 51.1. The van der Waals surface area contributed by atoms with E-state index in [0.29, 0.717) is 57.9 Å². The van der Waals surface area contributed by atoms with Gasteiger partial charge < -0.3 is 54.6 Å². The van der Waals surface area contributed by atoms with Gasteiger partial charge in [-0.1, -0.05) is 24.3 Å². The van der Waals surface area contributed by atoms with Gasteiger partial charge in [-0.2, -0.15) is 5.26 Å². The van der Waals surface area contributed by atoms with Crippen molar-refractivity contribution in [2.24, 2.45) is 0 Å². The van der Waals surface area contributed by atoms with Crippen LogP contribution in [-0.4, -0.2) is 150 Å². The van der Waals surface area contributed by atoms with E-state index in [2.05, 4.69) is 91.2 Å². The monoisotopic (exact) mass is 2010 g/mol. The van der Waals surface area contributed by atoms with E-state index < -0.39 is 68.4 Å². The maximum Gasteiger partial charge on any atom is 1.00 e. The molecule has 3 fully saturated rings. The molecule has 4 aromatic heterocycles. The largest absolute Gasteiger partial charge is 1.00 e. The summed E-state index contributed by atoms with van der Waals surface area (Å²) in [5, 5.41) is 14.0. The number of esters is 2. The van der Waals surface area contributed by atoms with Crippen LogP contribution in [0.1, 0.15) is 129 Å². The van der Waals surface area contributed by atoms with Crippen molar-refractivity contribution >= 4 is 164 Å². The molecule has 0 aliphatic carbocycles. The number of Topliss-reactive ketones (excluding diaryl/α,β-unsaturated/α-hetero) is 2. The van der Waals surface area contributed by atoms with Gasteiger partial charge in [-0.3, -0.25) is 19.0 Å². The molecule has 3 aliphatic rings. The molecule has 11 aromatic rings. The first-order valence-electron chi connectivity index (χ1n) is 40.9. The fraction of sp³-hybridized carbons (Fsp3) is 0.323. The number of anilines is 7. The van der Waals surface area contributed by atoms with Crippen molar-refractivity contribution in [3.63, 3.8) is 0 Å². The predicted molar refractivity (Wildman–Crippen MR) is 517 cm³/mol. The van der Waals surface area contributed by atoms with Gasteiger partial charge in [0.2, 0.25) is 0 Å². The number of carbonyl (C=O) groups is 4. The van der Waals surface area contributed by atoms with Crippen molar-refractivity contribution in [2.75, 3.05) is 129 Å². The van der Waals surface area contributed by atoms with Crippen LogP contribution in [0.3, 0.4) is 0 Å². The summed E-state index contributed by atoms with van der Waals surface area (Å²) in [6.45, 7) is 35.5. The van der Waals surface area contributed by atoms with Gasteiger partial charge in [0.05, 0.1) is 106 Å². The third-order valence-corrected chi connectivity index (χ3v) is 30.8. The molecule has 3 aliphatic heterocycles. The molecule has 7 heterocycles. The smallest absolute Gasteiger partial charge is 0.571 e. The number of benzene rings is 7. The maximum atomic E-state index is 13.5. The quantitative estimate of drug-likeness (QED) is 0.0130. The zero-order valence-corrected chi connectivity index (χ0v) is 86.0. The summed E-state index contributed by atoms with van der Waals surface area (Å²) in [6, 6.07) is 28.0. The number of hydrogen-bond acceptors (Lipinski definition) is 27. The van der Waals surface area contributed by atoms with Crippen LogP contribution >= 0.6 is 56.0 Å². The summed E-state index contributed by atoms with van der Waals surface area (Å²) in [5.74, 6) is -3.36. The second kappa shape index (κ2) is 49.6. The van der Waals surface area contributed by atoms with Crippen LogP contribution < -0.4 is 65.2 Å². The number of halogens is 5. The molecule has 0 unspecified atom stereocenters. The van der Waals surface area contributed by atoms with E-state index in [4.69, 9.17) is 41.6 Å². The van der Waals surface area contributed by atoms with Crippen LogP contribution in [0, 0.1) is 125 Å². The van der Waals surface area contributed by atoms with Gasteiger partial charge >= 0.3 is 41.5 Å². The Hall–Kier alpha value is -9.80. The molecular weight excluding hydrogens is 1910 g/mol. The van der Waals surface area contributed by atoms with Gasteiger partial charge in [0.25, 0.3) is 29.1 Å². The Morgan fingerprint density at radius 3 is 1.12 bits per heavy atom. The second-order valence-electron chi connectivity index (χ2n) is 30.5. The SMILES string of the molecule is CC#N.COC(=O)c1sccc1N.COC(=O)c1sccc1NS(=O)(=O)c1ccc(F)cc1C.Cc1cc(C)c(N2CCOCC2)c(C)c1N.Cc1cc(F)ccc1S(=O)(=O)Cl.Cc1cc(F)ccc1S(=O)(=O)Nc1ccsc1C(=O)Cc1c(C)cc(C)c(N2CCOCC2)c1C.Cc1cc(F)ccc1S(=O)(=O)[N-]c1ccsc1C(=O)Cc1c(C)cc(C)c(N2CCOCC2)c1C.[Na+]. The molecule has 3 saturated heterocycles. The van der Waals surface area contributed by atoms with Crippen molar-refractivity contribution in [1.29, 1.82) is 5.26 Å². The van der Waals surface area contributed by atoms with E-state index in [9.17, 15) is 70.4 Å². The number of sulfonamides is 3. The molecule has 0 spiro atoms. The summed E-state index contributed by atoms with van der Waals surface area (Å²) in [6.07, 6.45) is 0.314. The number of hydrogen-bond donors (Lipinski definition) is 4. The Balaban J connectivity index is 0.000000228. The van der Waals surface area contributed by atoms with Gasteiger partial charge in [-0.25, -0.2) is 60.8 Å². The molecule has 14 rings (SSSR count). The van der Waals surface area contributed by atoms with Crippen molar-refractivity contribution in [1.82, 2.24) is 0 Å². The molecule has 0 radical (unpaired) electrons. The normalized spacial score (nSPS) is 13.1. The number of ether oxygens (including phenoxy) is 5. The average Bonchev–Trinajstić information content (AvgIpc) is 1.13. The Labute approximate surface area is 817 Å². The van der Waals surface area contributed by atoms with Crippen LogP contribution in [-0.2, 0) is 75.6 Å². The molecule has 6 N–H and O–H groups in total. The van der Waals surface area contributed by atoms with Crippen molar-refractivity contribution < 1.29 is 124 Å². The molecule has 26 nitrogen and oxygen atoms in total. The van der Waals surface area contributed by atoms with E-state index in [1.165, 1.54) is 142 Å². The second-order valence-corrected chi connectivity index (χ2v) is 41.6. The van der Waals surface area contributed by atoms with E-state index in [0.717, 1.165) is 174 Å². The van der Waals surface area contributed by atoms with Gasteiger partial charge in [-0.15, -0.1) is 51.0 Å². The van der Waals surface area contributed by atoms with Crippen LogP contribution in [0.4, 0.5) is 63.1 Å². The number of thiophene rings is 4. The first-order chi connectivity index (χ1) is 62.2. The van der Waals surface area contributed by atoms with Crippen LogP contribution in [0.15, 0.2) is 156 Å². The first kappa shape index (κ1) is 110. The Kier molecular flexibility index (Phi) is 41.1. The molecule has 40 heteroatoms. The number of nitrogens with zero attached hydrogens (tertiary/aromatic N) is 5. The number of aryl methyl sites for hydroxylation is 10. The zero-order chi connectivity index (χ0) is 97.6. The Morgan fingerprint density at radius 1 is 0.436 bits per heavy atom. The van der Waals surface area contributed by atoms with E-state index in [1.807, 2.05) is 27.7 Å². The number of nitrogens with one attached hydrogen (secondary N) is 2. The number of rotatable bonds is 21. The molecule has 0 saturated carbocycles. The minimum atomic E-state index is -4.11. The Bertz CT molecular complexity index is 6340. The predicted octanol–water partition coefficient (Wildman–Crippen LogP) is 16.5. The van der Waals surface area contributed by atoms with Gasteiger partial charge in [-0.05, 0) is 286 Å². The summed E-state index contributed by atoms with van der Waals surface area (Å²) in [7, 11) is -8.14. The molecular formula is C93H105ClF4N9NaO17S8. The molecule has 708 valence electrons. The third-order valence-electron chi connectivity index (χ3n) is 21.1. The molecule has 0 atom stereocenters. The van der Waals surface area contributed by atoms with Crippen molar-refractivity contribution in [3.8, 4) is 6.07 Å². The number of methoxy groups -OCH3 is 2. The van der Waals surface area contributed by atoms with Gasteiger partial charge in [0, 0.05) is 92.5 Å². The van der Waals surface area contributed by atoms with Gasteiger partial charge in [0.15, 0.2) is 11.6 Å². The average molecular weight is 2010 g/mol. The van der Waals surface area contributed by atoms with Gasteiger partial charge in [0.1, 0.15) is 43.0 Å². The molecule has 0 bridgehead atoms.